The summed E-state index contributed by atoms with van der Waals surface area (Å²) in [5.74, 6) is -5.31. The normalized spacial score (nSPS) is 18.4. The van der Waals surface area contributed by atoms with Crippen LogP contribution in [0.15, 0.2) is 40.8 Å². The second-order valence-corrected chi connectivity index (χ2v) is 11.9. The van der Waals surface area contributed by atoms with Gasteiger partial charge in [0.2, 0.25) is 5.91 Å². The molecule has 9 nitrogen and oxygen atoms in total. The predicted molar refractivity (Wildman–Crippen MR) is 169 cm³/mol. The molecule has 0 radical (unpaired) electrons. The van der Waals surface area contributed by atoms with Crippen molar-refractivity contribution in [1.82, 2.24) is 14.5 Å². The van der Waals surface area contributed by atoms with Crippen LogP contribution in [-0.4, -0.2) is 52.2 Å². The third-order valence-electron chi connectivity index (χ3n) is 8.12. The average Bonchev–Trinajstić information content (AvgIpc) is 3.02. The molecule has 0 bridgehead atoms. The first-order chi connectivity index (χ1) is 21.3. The summed E-state index contributed by atoms with van der Waals surface area (Å²) in [4.78, 5) is 39.1. The molecule has 0 spiro atoms. The highest BCUT2D eigenvalue weighted by Gasteiger charge is 2.35. The van der Waals surface area contributed by atoms with Crippen LogP contribution >= 0.6 is 23.2 Å². The number of benzene rings is 1. The fourth-order valence-electron chi connectivity index (χ4n) is 5.87. The van der Waals surface area contributed by atoms with Crippen LogP contribution < -0.4 is 16.2 Å². The zero-order valence-corrected chi connectivity index (χ0v) is 26.1. The number of hydrogen-bond donors (Lipinski definition) is 1. The molecule has 2 aliphatic rings. The summed E-state index contributed by atoms with van der Waals surface area (Å²) in [7, 11) is 0. The summed E-state index contributed by atoms with van der Waals surface area (Å²) < 4.78 is 45.8. The lowest BCUT2D eigenvalue weighted by Gasteiger charge is -2.37. The van der Waals surface area contributed by atoms with E-state index < -0.39 is 45.3 Å². The van der Waals surface area contributed by atoms with E-state index in [1.54, 1.807) is 22.1 Å². The Hall–Kier alpha value is -4.34. The van der Waals surface area contributed by atoms with E-state index >= 15 is 4.39 Å². The number of nitrogen functional groups attached to an aromatic ring is 1. The van der Waals surface area contributed by atoms with Gasteiger partial charge in [0, 0.05) is 49.4 Å². The minimum atomic E-state index is -1.66. The molecule has 1 fully saturated rings. The van der Waals surface area contributed by atoms with Crippen LogP contribution in [0.4, 0.5) is 24.5 Å². The molecule has 1 amide bonds. The lowest BCUT2D eigenvalue weighted by molar-refractivity contribution is -0.126. The number of anilines is 2. The molecule has 2 N–H and O–H groups in total. The number of carbonyl (C=O) groups is 1. The van der Waals surface area contributed by atoms with Gasteiger partial charge in [-0.2, -0.15) is 5.26 Å². The monoisotopic (exact) mass is 657 g/mol. The smallest absolute Gasteiger partial charge is 0.272 e. The molecular formula is C31H28Cl2F3N7O2. The standard InChI is InChI=1S/C31H28Cl2F3N7O2/c1-5-19(44)41-8-10-42(11-9-41)29-16-12-18(32)27(20-21(33)23(35)24(36)25(38)22(20)34)40-30(16)43(31(45)17(29)13-37)28-15(4)6-7-39-26(28)14(2)3/h5-7,12,14-15,28H,1,8-11,38H2,2-4H3/t15-,28?/m1/s1. The second-order valence-electron chi connectivity index (χ2n) is 11.1. The van der Waals surface area contributed by atoms with Gasteiger partial charge in [-0.1, -0.05) is 56.6 Å². The van der Waals surface area contributed by atoms with Gasteiger partial charge in [0.25, 0.3) is 5.56 Å². The molecule has 0 saturated carbocycles. The average molecular weight is 659 g/mol. The van der Waals surface area contributed by atoms with Gasteiger partial charge in [-0.15, -0.1) is 0 Å². The van der Waals surface area contributed by atoms with Crippen LogP contribution in [0.3, 0.4) is 0 Å². The molecule has 2 atom stereocenters. The van der Waals surface area contributed by atoms with Crippen molar-refractivity contribution in [3.63, 3.8) is 0 Å². The third kappa shape index (κ3) is 5.23. The van der Waals surface area contributed by atoms with Gasteiger partial charge in [0.05, 0.1) is 33.0 Å². The highest BCUT2D eigenvalue weighted by Crippen LogP contribution is 2.43. The maximum Gasteiger partial charge on any atom is 0.272 e. The van der Waals surface area contributed by atoms with Gasteiger partial charge >= 0.3 is 0 Å². The lowest BCUT2D eigenvalue weighted by Crippen LogP contribution is -2.49. The number of pyridine rings is 2. The maximum absolute atomic E-state index is 15.5. The van der Waals surface area contributed by atoms with Gasteiger partial charge in [-0.25, -0.2) is 18.2 Å². The first-order valence-corrected chi connectivity index (χ1v) is 14.8. The van der Waals surface area contributed by atoms with Crippen molar-refractivity contribution in [2.45, 2.75) is 26.8 Å². The van der Waals surface area contributed by atoms with E-state index in [0.717, 1.165) is 0 Å². The maximum atomic E-state index is 15.5. The molecule has 4 heterocycles. The number of piperazine rings is 1. The van der Waals surface area contributed by atoms with E-state index in [9.17, 15) is 23.6 Å². The fourth-order valence-corrected chi connectivity index (χ4v) is 6.37. The molecule has 234 valence electrons. The Morgan fingerprint density at radius 2 is 1.84 bits per heavy atom. The molecule has 1 unspecified atom stereocenters. The lowest BCUT2D eigenvalue weighted by atomic mass is 9.88. The molecule has 1 aromatic carbocycles. The van der Waals surface area contributed by atoms with E-state index in [0.29, 0.717) is 5.71 Å². The first-order valence-electron chi connectivity index (χ1n) is 14.0. The van der Waals surface area contributed by atoms with Crippen molar-refractivity contribution in [3.8, 4) is 17.3 Å². The van der Waals surface area contributed by atoms with Crippen LogP contribution in [0.1, 0.15) is 32.4 Å². The summed E-state index contributed by atoms with van der Waals surface area (Å²) in [5.41, 5.74) is 3.28. The number of nitriles is 1. The molecule has 45 heavy (non-hydrogen) atoms. The van der Waals surface area contributed by atoms with Crippen molar-refractivity contribution >= 4 is 57.2 Å². The largest absolute Gasteiger partial charge is 0.394 e. The number of carbonyl (C=O) groups excluding carboxylic acids is 1. The molecule has 0 aliphatic carbocycles. The summed E-state index contributed by atoms with van der Waals surface area (Å²) in [6.07, 6.45) is 4.65. The zero-order valence-electron chi connectivity index (χ0n) is 24.5. The van der Waals surface area contributed by atoms with Crippen LogP contribution in [-0.2, 0) is 4.79 Å². The number of aliphatic imine (C=N–C) groups is 1. The number of rotatable bonds is 5. The van der Waals surface area contributed by atoms with E-state index in [1.807, 2.05) is 20.8 Å². The number of amides is 1. The van der Waals surface area contributed by atoms with Crippen molar-refractivity contribution in [3.05, 3.63) is 74.4 Å². The minimum Gasteiger partial charge on any atom is -0.394 e. The van der Waals surface area contributed by atoms with Gasteiger partial charge in [0.1, 0.15) is 23.0 Å². The van der Waals surface area contributed by atoms with Gasteiger partial charge in [-0.3, -0.25) is 19.1 Å². The summed E-state index contributed by atoms with van der Waals surface area (Å²) in [6, 6.07) is 2.72. The summed E-state index contributed by atoms with van der Waals surface area (Å²) in [5, 5.41) is 9.48. The molecule has 1 saturated heterocycles. The SMILES string of the molecule is C=CC(=O)N1CCN(c2c(C#N)c(=O)n(C3C(C(C)C)=NC=C[C@H]3C)c3nc(-c4c(F)c(N)c(F)c(F)c4Cl)c(Cl)cc23)CC1. The molecular weight excluding hydrogens is 630 g/mol. The molecule has 3 aromatic rings. The van der Waals surface area contributed by atoms with Gasteiger partial charge in [0.15, 0.2) is 17.5 Å². The van der Waals surface area contributed by atoms with Crippen molar-refractivity contribution in [1.29, 1.82) is 5.26 Å². The molecule has 2 aliphatic heterocycles. The van der Waals surface area contributed by atoms with Gasteiger partial charge in [-0.05, 0) is 18.1 Å². The van der Waals surface area contributed by atoms with Gasteiger partial charge < -0.3 is 15.5 Å². The topological polar surface area (TPSA) is 121 Å². The highest BCUT2D eigenvalue weighted by molar-refractivity contribution is 6.37. The van der Waals surface area contributed by atoms with Crippen molar-refractivity contribution in [2.24, 2.45) is 16.8 Å². The van der Waals surface area contributed by atoms with E-state index in [-0.39, 0.29) is 76.9 Å². The van der Waals surface area contributed by atoms with Crippen LogP contribution in [0, 0.1) is 40.6 Å². The number of hydrogen-bond acceptors (Lipinski definition) is 7. The summed E-state index contributed by atoms with van der Waals surface area (Å²) >= 11 is 12.8. The number of allylic oxidation sites excluding steroid dienone is 1. The van der Waals surface area contributed by atoms with E-state index in [2.05, 4.69) is 22.6 Å². The van der Waals surface area contributed by atoms with Crippen LogP contribution in [0.5, 0.6) is 0 Å². The molecule has 14 heteroatoms. The van der Waals surface area contributed by atoms with Crippen LogP contribution in [0.25, 0.3) is 22.3 Å². The van der Waals surface area contributed by atoms with E-state index in [1.165, 1.54) is 16.7 Å². The number of fused-ring (bicyclic) bond motifs is 1. The molecule has 2 aromatic heterocycles. The summed E-state index contributed by atoms with van der Waals surface area (Å²) in [6.45, 7) is 10.3. The quantitative estimate of drug-likeness (QED) is 0.158. The Morgan fingerprint density at radius 1 is 1.18 bits per heavy atom. The third-order valence-corrected chi connectivity index (χ3v) is 8.76. The second kappa shape index (κ2) is 12.2. The number of halogens is 5. The van der Waals surface area contributed by atoms with E-state index in [4.69, 9.17) is 28.9 Å². The van der Waals surface area contributed by atoms with Crippen molar-refractivity contribution < 1.29 is 18.0 Å². The predicted octanol–water partition coefficient (Wildman–Crippen LogP) is 5.88. The van der Waals surface area contributed by atoms with Crippen molar-refractivity contribution in [2.75, 3.05) is 36.8 Å². The fraction of sp³-hybridized carbons (Fsp3) is 0.323. The molecule has 5 rings (SSSR count). The Morgan fingerprint density at radius 3 is 2.44 bits per heavy atom. The number of nitrogens with two attached hydrogens (primary N) is 1. The Bertz CT molecular complexity index is 1900. The number of nitrogens with zero attached hydrogens (tertiary/aromatic N) is 6. The Kier molecular flexibility index (Phi) is 8.70. The van der Waals surface area contributed by atoms with Crippen LogP contribution in [0.2, 0.25) is 10.0 Å². The first kappa shape index (κ1) is 32.1. The zero-order chi connectivity index (χ0) is 32.9. The highest BCUT2D eigenvalue weighted by atomic mass is 35.5. The minimum absolute atomic E-state index is 0.0164. The number of aromatic nitrogens is 2. The Balaban J connectivity index is 1.88. The Labute approximate surface area is 266 Å².